The van der Waals surface area contributed by atoms with E-state index < -0.39 is 0 Å². The number of rotatable bonds is 2. The third-order valence-electron chi connectivity index (χ3n) is 5.36. The molecule has 0 bridgehead atoms. The summed E-state index contributed by atoms with van der Waals surface area (Å²) in [6, 6.07) is 0.0113. The first-order valence-corrected chi connectivity index (χ1v) is 8.72. The number of aromatic nitrogens is 4. The quantitative estimate of drug-likeness (QED) is 0.884. The van der Waals surface area contributed by atoms with Crippen LogP contribution in [-0.2, 0) is 26.9 Å². The first kappa shape index (κ1) is 15.2. The van der Waals surface area contributed by atoms with Crippen molar-refractivity contribution in [1.82, 2.24) is 30.2 Å². The molecule has 2 N–H and O–H groups in total. The van der Waals surface area contributed by atoms with Crippen LogP contribution in [0.2, 0.25) is 0 Å². The molecule has 2 atom stereocenters. The summed E-state index contributed by atoms with van der Waals surface area (Å²) < 4.78 is 3.84. The zero-order valence-electron chi connectivity index (χ0n) is 14.2. The van der Waals surface area contributed by atoms with Crippen molar-refractivity contribution in [1.29, 1.82) is 0 Å². The van der Waals surface area contributed by atoms with Crippen LogP contribution in [0.4, 0.5) is 4.79 Å². The molecule has 2 aromatic rings. The smallest absolute Gasteiger partial charge is 0.315 e. The standard InChI is InChI=1S/C17H24N6O/c1-22-15-7-3-5-13(11(15)9-18-22)20-17(24)21-14-6-4-8-16-12(14)10-19-23(16)2/h9-10,13-14H,3-8H2,1-2H3,(H2,20,21,24)/t13-,14+. The Morgan fingerprint density at radius 2 is 1.42 bits per heavy atom. The molecule has 7 heteroatoms. The summed E-state index contributed by atoms with van der Waals surface area (Å²) in [4.78, 5) is 12.5. The Kier molecular flexibility index (Phi) is 3.78. The molecule has 7 nitrogen and oxygen atoms in total. The summed E-state index contributed by atoms with van der Waals surface area (Å²) in [5.41, 5.74) is 4.78. The van der Waals surface area contributed by atoms with E-state index in [4.69, 9.17) is 0 Å². The van der Waals surface area contributed by atoms with Gasteiger partial charge in [0.2, 0.25) is 0 Å². The molecule has 0 fully saturated rings. The topological polar surface area (TPSA) is 76.8 Å². The molecule has 2 aliphatic rings. The summed E-state index contributed by atoms with van der Waals surface area (Å²) in [5, 5.41) is 15.0. The predicted molar refractivity (Wildman–Crippen MR) is 89.4 cm³/mol. The first-order chi connectivity index (χ1) is 11.6. The van der Waals surface area contributed by atoms with E-state index in [0.29, 0.717) is 0 Å². The second kappa shape index (κ2) is 5.96. The van der Waals surface area contributed by atoms with E-state index in [1.165, 1.54) is 11.4 Å². The maximum Gasteiger partial charge on any atom is 0.315 e. The zero-order valence-corrected chi connectivity index (χ0v) is 14.2. The van der Waals surface area contributed by atoms with Crippen LogP contribution in [0.3, 0.4) is 0 Å². The Morgan fingerprint density at radius 1 is 0.958 bits per heavy atom. The lowest BCUT2D eigenvalue weighted by Crippen LogP contribution is -2.41. The molecule has 0 radical (unpaired) electrons. The van der Waals surface area contributed by atoms with Crippen LogP contribution in [0, 0.1) is 0 Å². The largest absolute Gasteiger partial charge is 0.331 e. The Morgan fingerprint density at radius 3 is 1.88 bits per heavy atom. The summed E-state index contributed by atoms with van der Waals surface area (Å²) in [6.45, 7) is 0. The molecule has 2 aliphatic carbocycles. The minimum Gasteiger partial charge on any atom is -0.331 e. The van der Waals surface area contributed by atoms with Gasteiger partial charge in [-0.05, 0) is 38.5 Å². The Balaban J connectivity index is 1.45. The fourth-order valence-electron chi connectivity index (χ4n) is 4.07. The molecule has 128 valence electrons. The predicted octanol–water partition coefficient (Wildman–Crippen LogP) is 1.91. The Labute approximate surface area is 141 Å². The van der Waals surface area contributed by atoms with Gasteiger partial charge in [-0.1, -0.05) is 0 Å². The molecule has 24 heavy (non-hydrogen) atoms. The van der Waals surface area contributed by atoms with Crippen molar-refractivity contribution in [3.63, 3.8) is 0 Å². The minimum atomic E-state index is -0.0987. The van der Waals surface area contributed by atoms with Crippen LogP contribution in [0.25, 0.3) is 0 Å². The van der Waals surface area contributed by atoms with Gasteiger partial charge in [0.25, 0.3) is 0 Å². The van der Waals surface area contributed by atoms with Gasteiger partial charge < -0.3 is 10.6 Å². The maximum atomic E-state index is 12.5. The van der Waals surface area contributed by atoms with Gasteiger partial charge in [0, 0.05) is 36.6 Å². The van der Waals surface area contributed by atoms with E-state index in [1.807, 2.05) is 35.9 Å². The molecule has 2 heterocycles. The van der Waals surface area contributed by atoms with Crippen molar-refractivity contribution >= 4 is 6.03 Å². The fourth-order valence-corrected chi connectivity index (χ4v) is 4.07. The molecule has 0 saturated heterocycles. The fraction of sp³-hybridized carbons (Fsp3) is 0.588. The van der Waals surface area contributed by atoms with E-state index in [1.54, 1.807) is 0 Å². The Bertz CT molecular complexity index is 699. The summed E-state index contributed by atoms with van der Waals surface area (Å²) in [7, 11) is 3.93. The molecule has 0 unspecified atom stereocenters. The number of nitrogens with one attached hydrogen (secondary N) is 2. The number of carbonyl (C=O) groups excluding carboxylic acids is 1. The molecule has 0 aromatic carbocycles. The van der Waals surface area contributed by atoms with Crippen molar-refractivity contribution < 1.29 is 4.79 Å². The third-order valence-corrected chi connectivity index (χ3v) is 5.36. The van der Waals surface area contributed by atoms with E-state index in [0.717, 1.165) is 49.7 Å². The lowest BCUT2D eigenvalue weighted by atomic mass is 9.92. The highest BCUT2D eigenvalue weighted by molar-refractivity contribution is 5.75. The van der Waals surface area contributed by atoms with E-state index in [2.05, 4.69) is 20.8 Å². The highest BCUT2D eigenvalue weighted by Crippen LogP contribution is 2.31. The van der Waals surface area contributed by atoms with E-state index >= 15 is 0 Å². The van der Waals surface area contributed by atoms with Crippen molar-refractivity contribution in [3.8, 4) is 0 Å². The van der Waals surface area contributed by atoms with E-state index in [-0.39, 0.29) is 18.1 Å². The highest BCUT2D eigenvalue weighted by atomic mass is 16.2. The number of nitrogens with zero attached hydrogens (tertiary/aromatic N) is 4. The van der Waals surface area contributed by atoms with Crippen LogP contribution < -0.4 is 10.6 Å². The summed E-state index contributed by atoms with van der Waals surface area (Å²) in [5.74, 6) is 0. The lowest BCUT2D eigenvalue weighted by Gasteiger charge is -2.27. The zero-order chi connectivity index (χ0) is 16.7. The van der Waals surface area contributed by atoms with Gasteiger partial charge in [0.1, 0.15) is 0 Å². The number of fused-ring (bicyclic) bond motifs is 2. The van der Waals surface area contributed by atoms with Crippen LogP contribution in [0.5, 0.6) is 0 Å². The van der Waals surface area contributed by atoms with Crippen molar-refractivity contribution in [2.24, 2.45) is 14.1 Å². The SMILES string of the molecule is Cn1ncc2c1CCC[C@@H]2NC(=O)N[C@@H]1CCCc2c1cnn2C. The number of hydrogen-bond acceptors (Lipinski definition) is 3. The molecule has 0 spiro atoms. The van der Waals surface area contributed by atoms with Gasteiger partial charge in [-0.3, -0.25) is 9.36 Å². The van der Waals surface area contributed by atoms with Crippen molar-refractivity contribution in [2.45, 2.75) is 50.6 Å². The van der Waals surface area contributed by atoms with Gasteiger partial charge in [-0.15, -0.1) is 0 Å². The summed E-state index contributed by atoms with van der Waals surface area (Å²) in [6.07, 6.45) is 9.93. The second-order valence-electron chi connectivity index (χ2n) is 6.85. The van der Waals surface area contributed by atoms with Gasteiger partial charge in [-0.25, -0.2) is 4.79 Å². The van der Waals surface area contributed by atoms with E-state index in [9.17, 15) is 4.79 Å². The number of amides is 2. The molecule has 2 amide bonds. The third kappa shape index (κ3) is 2.57. The van der Waals surface area contributed by atoms with Crippen molar-refractivity contribution in [3.05, 3.63) is 34.9 Å². The average Bonchev–Trinajstić information content (AvgIpc) is 3.13. The normalized spacial score (nSPS) is 22.6. The maximum absolute atomic E-state index is 12.5. The van der Waals surface area contributed by atoms with Crippen LogP contribution in [0.1, 0.15) is 60.3 Å². The number of urea groups is 1. The van der Waals surface area contributed by atoms with Crippen LogP contribution in [-0.4, -0.2) is 25.6 Å². The Hall–Kier alpha value is -2.31. The van der Waals surface area contributed by atoms with Gasteiger partial charge in [-0.2, -0.15) is 10.2 Å². The van der Waals surface area contributed by atoms with Crippen molar-refractivity contribution in [2.75, 3.05) is 0 Å². The van der Waals surface area contributed by atoms with Gasteiger partial charge >= 0.3 is 6.03 Å². The lowest BCUT2D eigenvalue weighted by molar-refractivity contribution is 0.230. The second-order valence-corrected chi connectivity index (χ2v) is 6.85. The molecule has 0 aliphatic heterocycles. The van der Waals surface area contributed by atoms with Gasteiger partial charge in [0.05, 0.1) is 24.5 Å². The summed E-state index contributed by atoms with van der Waals surface area (Å²) >= 11 is 0. The van der Waals surface area contributed by atoms with Crippen LogP contribution in [0.15, 0.2) is 12.4 Å². The molecular formula is C17H24N6O. The average molecular weight is 328 g/mol. The minimum absolute atomic E-state index is 0.0550. The monoisotopic (exact) mass is 328 g/mol. The molecular weight excluding hydrogens is 304 g/mol. The number of aryl methyl sites for hydroxylation is 2. The number of carbonyl (C=O) groups is 1. The first-order valence-electron chi connectivity index (χ1n) is 8.72. The highest BCUT2D eigenvalue weighted by Gasteiger charge is 2.28. The molecule has 0 saturated carbocycles. The van der Waals surface area contributed by atoms with Crippen LogP contribution >= 0.6 is 0 Å². The number of hydrogen-bond donors (Lipinski definition) is 2. The molecule has 2 aromatic heterocycles. The van der Waals surface area contributed by atoms with Gasteiger partial charge in [0.15, 0.2) is 0 Å². The molecule has 4 rings (SSSR count).